The first kappa shape index (κ1) is 18.5. The van der Waals surface area contributed by atoms with E-state index in [1.807, 2.05) is 35.2 Å². The van der Waals surface area contributed by atoms with Crippen molar-refractivity contribution in [3.8, 4) is 0 Å². The zero-order chi connectivity index (χ0) is 18.2. The van der Waals surface area contributed by atoms with Gasteiger partial charge in [0, 0.05) is 57.8 Å². The molecule has 5 heteroatoms. The van der Waals surface area contributed by atoms with Crippen molar-refractivity contribution in [2.75, 3.05) is 32.7 Å². The molecule has 3 rings (SSSR count). The SMILES string of the molecule is O=C(CCN(Cc1ccccc1)Cc1ccccc1F)N1CCNCC1. The lowest BCUT2D eigenvalue weighted by Gasteiger charge is -2.29. The van der Waals surface area contributed by atoms with Crippen LogP contribution in [0.5, 0.6) is 0 Å². The van der Waals surface area contributed by atoms with Gasteiger partial charge in [0.15, 0.2) is 0 Å². The normalized spacial score (nSPS) is 14.6. The van der Waals surface area contributed by atoms with E-state index in [0.29, 0.717) is 31.6 Å². The van der Waals surface area contributed by atoms with Gasteiger partial charge in [-0.1, -0.05) is 48.5 Å². The van der Waals surface area contributed by atoms with Gasteiger partial charge in [0.2, 0.25) is 5.91 Å². The molecule has 0 aliphatic carbocycles. The number of carbonyl (C=O) groups is 1. The van der Waals surface area contributed by atoms with Crippen LogP contribution in [0.2, 0.25) is 0 Å². The molecule has 0 radical (unpaired) electrons. The molecule has 1 N–H and O–H groups in total. The summed E-state index contributed by atoms with van der Waals surface area (Å²) in [6, 6.07) is 17.0. The zero-order valence-electron chi connectivity index (χ0n) is 15.0. The first-order chi connectivity index (χ1) is 12.7. The third kappa shape index (κ3) is 5.38. The van der Waals surface area contributed by atoms with Crippen LogP contribution in [0.4, 0.5) is 4.39 Å². The highest BCUT2D eigenvalue weighted by atomic mass is 19.1. The fourth-order valence-corrected chi connectivity index (χ4v) is 3.25. The topological polar surface area (TPSA) is 35.6 Å². The maximum atomic E-state index is 14.1. The molecule has 0 atom stereocenters. The predicted octanol–water partition coefficient (Wildman–Crippen LogP) is 2.65. The molecule has 1 aliphatic heterocycles. The summed E-state index contributed by atoms with van der Waals surface area (Å²) in [5.41, 5.74) is 1.83. The number of rotatable bonds is 7. The van der Waals surface area contributed by atoms with Crippen molar-refractivity contribution >= 4 is 5.91 Å². The van der Waals surface area contributed by atoms with Crippen molar-refractivity contribution in [1.29, 1.82) is 0 Å². The molecule has 4 nitrogen and oxygen atoms in total. The summed E-state index contributed by atoms with van der Waals surface area (Å²) in [7, 11) is 0. The van der Waals surface area contributed by atoms with Crippen LogP contribution in [-0.2, 0) is 17.9 Å². The second-order valence-corrected chi connectivity index (χ2v) is 6.67. The molecule has 2 aromatic carbocycles. The van der Waals surface area contributed by atoms with Gasteiger partial charge in [0.1, 0.15) is 5.82 Å². The highest BCUT2D eigenvalue weighted by molar-refractivity contribution is 5.76. The summed E-state index contributed by atoms with van der Waals surface area (Å²) < 4.78 is 14.1. The number of halogens is 1. The molecular weight excluding hydrogens is 329 g/mol. The Morgan fingerprint density at radius 1 is 1.00 bits per heavy atom. The van der Waals surface area contributed by atoms with Crippen LogP contribution in [0.3, 0.4) is 0 Å². The fourth-order valence-electron chi connectivity index (χ4n) is 3.25. The Morgan fingerprint density at radius 2 is 1.69 bits per heavy atom. The molecule has 1 amide bonds. The van der Waals surface area contributed by atoms with Crippen molar-refractivity contribution in [3.63, 3.8) is 0 Å². The van der Waals surface area contributed by atoms with Gasteiger partial charge in [-0.05, 0) is 11.6 Å². The zero-order valence-corrected chi connectivity index (χ0v) is 15.0. The molecular formula is C21H26FN3O. The number of benzene rings is 2. The van der Waals surface area contributed by atoms with Crippen molar-refractivity contribution in [1.82, 2.24) is 15.1 Å². The number of carbonyl (C=O) groups excluding carboxylic acids is 1. The number of piperazine rings is 1. The van der Waals surface area contributed by atoms with Gasteiger partial charge in [-0.25, -0.2) is 4.39 Å². The van der Waals surface area contributed by atoms with Crippen molar-refractivity contribution in [2.45, 2.75) is 19.5 Å². The fraction of sp³-hybridized carbons (Fsp3) is 0.381. The average Bonchev–Trinajstić information content (AvgIpc) is 2.69. The summed E-state index contributed by atoms with van der Waals surface area (Å²) >= 11 is 0. The Bertz CT molecular complexity index is 701. The van der Waals surface area contributed by atoms with E-state index in [1.165, 1.54) is 11.6 Å². The molecule has 1 aliphatic rings. The summed E-state index contributed by atoms with van der Waals surface area (Å²) in [5.74, 6) is -0.0166. The van der Waals surface area contributed by atoms with Gasteiger partial charge in [-0.2, -0.15) is 0 Å². The van der Waals surface area contributed by atoms with Crippen molar-refractivity contribution in [3.05, 3.63) is 71.5 Å². The van der Waals surface area contributed by atoms with E-state index in [1.54, 1.807) is 6.07 Å². The lowest BCUT2D eigenvalue weighted by molar-refractivity contribution is -0.132. The second-order valence-electron chi connectivity index (χ2n) is 6.67. The summed E-state index contributed by atoms with van der Waals surface area (Å²) in [6.45, 7) is 5.06. The molecule has 1 saturated heterocycles. The first-order valence-corrected chi connectivity index (χ1v) is 9.20. The number of hydrogen-bond donors (Lipinski definition) is 1. The largest absolute Gasteiger partial charge is 0.340 e. The minimum absolute atomic E-state index is 0.179. The number of nitrogens with one attached hydrogen (secondary N) is 1. The van der Waals surface area contributed by atoms with Crippen LogP contribution in [0.15, 0.2) is 54.6 Å². The Hall–Kier alpha value is -2.24. The van der Waals surface area contributed by atoms with Gasteiger partial charge in [0.25, 0.3) is 0 Å². The Labute approximate surface area is 154 Å². The highest BCUT2D eigenvalue weighted by Gasteiger charge is 2.18. The molecule has 0 saturated carbocycles. The van der Waals surface area contributed by atoms with E-state index >= 15 is 0 Å². The Balaban J connectivity index is 1.64. The van der Waals surface area contributed by atoms with Gasteiger partial charge in [0.05, 0.1) is 0 Å². The lowest BCUT2D eigenvalue weighted by Crippen LogP contribution is -2.47. The monoisotopic (exact) mass is 355 g/mol. The van der Waals surface area contributed by atoms with Crippen LogP contribution in [0.1, 0.15) is 17.5 Å². The van der Waals surface area contributed by atoms with E-state index in [2.05, 4.69) is 22.3 Å². The highest BCUT2D eigenvalue weighted by Crippen LogP contribution is 2.14. The molecule has 0 bridgehead atoms. The van der Waals surface area contributed by atoms with E-state index in [0.717, 1.165) is 26.2 Å². The van der Waals surface area contributed by atoms with Gasteiger partial charge < -0.3 is 10.2 Å². The Kier molecular flexibility index (Phi) is 6.75. The average molecular weight is 355 g/mol. The van der Waals surface area contributed by atoms with Gasteiger partial charge in [-0.3, -0.25) is 9.69 Å². The maximum Gasteiger partial charge on any atom is 0.223 e. The van der Waals surface area contributed by atoms with E-state index in [9.17, 15) is 9.18 Å². The van der Waals surface area contributed by atoms with E-state index < -0.39 is 0 Å². The number of hydrogen-bond acceptors (Lipinski definition) is 3. The number of nitrogens with zero attached hydrogens (tertiary/aromatic N) is 2. The third-order valence-corrected chi connectivity index (χ3v) is 4.71. The molecule has 0 aromatic heterocycles. The van der Waals surface area contributed by atoms with E-state index in [4.69, 9.17) is 0 Å². The van der Waals surface area contributed by atoms with E-state index in [-0.39, 0.29) is 11.7 Å². The minimum Gasteiger partial charge on any atom is -0.340 e. The molecule has 1 heterocycles. The van der Waals surface area contributed by atoms with Crippen LogP contribution in [0.25, 0.3) is 0 Å². The molecule has 1 fully saturated rings. The number of amides is 1. The Morgan fingerprint density at radius 3 is 2.42 bits per heavy atom. The van der Waals surface area contributed by atoms with Crippen molar-refractivity contribution < 1.29 is 9.18 Å². The molecule has 138 valence electrons. The lowest BCUT2D eigenvalue weighted by atomic mass is 10.1. The molecule has 0 spiro atoms. The summed E-state index contributed by atoms with van der Waals surface area (Å²) in [4.78, 5) is 16.5. The summed E-state index contributed by atoms with van der Waals surface area (Å²) in [5, 5.41) is 3.26. The van der Waals surface area contributed by atoms with Crippen molar-refractivity contribution in [2.24, 2.45) is 0 Å². The van der Waals surface area contributed by atoms with Crippen LogP contribution in [0, 0.1) is 5.82 Å². The molecule has 2 aromatic rings. The smallest absolute Gasteiger partial charge is 0.223 e. The van der Waals surface area contributed by atoms with Gasteiger partial charge >= 0.3 is 0 Å². The van der Waals surface area contributed by atoms with Crippen LogP contribution < -0.4 is 5.32 Å². The standard InChI is InChI=1S/C21H26FN3O/c22-20-9-5-4-8-19(20)17-24(16-18-6-2-1-3-7-18)13-10-21(26)25-14-11-23-12-15-25/h1-9,23H,10-17H2. The van der Waals surface area contributed by atoms with Gasteiger partial charge in [-0.15, -0.1) is 0 Å². The van der Waals surface area contributed by atoms with Crippen LogP contribution in [-0.4, -0.2) is 48.4 Å². The predicted molar refractivity (Wildman–Crippen MR) is 101 cm³/mol. The first-order valence-electron chi connectivity index (χ1n) is 9.20. The second kappa shape index (κ2) is 9.46. The summed E-state index contributed by atoms with van der Waals surface area (Å²) in [6.07, 6.45) is 0.460. The minimum atomic E-state index is -0.195. The third-order valence-electron chi connectivity index (χ3n) is 4.71. The molecule has 26 heavy (non-hydrogen) atoms. The quantitative estimate of drug-likeness (QED) is 0.829. The van der Waals surface area contributed by atoms with Crippen LogP contribution >= 0.6 is 0 Å². The molecule has 0 unspecified atom stereocenters. The maximum absolute atomic E-state index is 14.1.